The van der Waals surface area contributed by atoms with Crippen LogP contribution in [-0.4, -0.2) is 18.6 Å². The third kappa shape index (κ3) is 4.46. The van der Waals surface area contributed by atoms with Crippen molar-refractivity contribution >= 4 is 9.84 Å². The molecule has 0 heterocycles. The van der Waals surface area contributed by atoms with Gasteiger partial charge in [-0.05, 0) is 72.8 Å². The summed E-state index contributed by atoms with van der Waals surface area (Å²) in [6.07, 6.45) is 0. The van der Waals surface area contributed by atoms with Gasteiger partial charge in [0, 0.05) is 0 Å². The summed E-state index contributed by atoms with van der Waals surface area (Å²) in [5.74, 6) is 1.32. The van der Waals surface area contributed by atoms with Gasteiger partial charge < -0.3 is 19.7 Å². The Hall–Kier alpha value is -3.97. The third-order valence-electron chi connectivity index (χ3n) is 4.45. The first-order valence-corrected chi connectivity index (χ1v) is 10.8. The molecule has 0 bridgehead atoms. The number of sulfone groups is 1. The molecule has 4 rings (SSSR count). The van der Waals surface area contributed by atoms with E-state index in [1.165, 1.54) is 60.7 Å². The Morgan fingerprint density at radius 2 is 0.871 bits per heavy atom. The van der Waals surface area contributed by atoms with Gasteiger partial charge in [0.15, 0.2) is 23.0 Å². The number of hydrogen-bond donors (Lipinski definition) is 2. The third-order valence-corrected chi connectivity index (χ3v) is 6.24. The highest BCUT2D eigenvalue weighted by atomic mass is 32.2. The molecule has 0 saturated carbocycles. The maximum atomic E-state index is 12.9. The standard InChI is InChI=1S/C24H18O6S/c25-21-5-1-3-7-23(21)29-17-9-13-19(14-10-17)31(27,28)20-15-11-18(12-16-20)30-24-8-4-2-6-22(24)26/h1-16,25-26H. The molecule has 0 aliphatic rings. The van der Waals surface area contributed by atoms with Gasteiger partial charge in [0.2, 0.25) is 9.84 Å². The highest BCUT2D eigenvalue weighted by Gasteiger charge is 2.18. The maximum Gasteiger partial charge on any atom is 0.206 e. The van der Waals surface area contributed by atoms with Crippen LogP contribution in [0.1, 0.15) is 0 Å². The molecular formula is C24H18O6S. The highest BCUT2D eigenvalue weighted by molar-refractivity contribution is 7.91. The minimum absolute atomic E-state index is 0.00896. The Kier molecular flexibility index (Phi) is 5.51. The van der Waals surface area contributed by atoms with Crippen LogP contribution in [0.2, 0.25) is 0 Å². The van der Waals surface area contributed by atoms with Crippen molar-refractivity contribution < 1.29 is 28.1 Å². The molecule has 156 valence electrons. The molecule has 0 atom stereocenters. The molecule has 0 aromatic heterocycles. The van der Waals surface area contributed by atoms with Crippen LogP contribution in [0.15, 0.2) is 107 Å². The number of para-hydroxylation sites is 4. The highest BCUT2D eigenvalue weighted by Crippen LogP contribution is 2.33. The summed E-state index contributed by atoms with van der Waals surface area (Å²) in [5.41, 5.74) is 0. The van der Waals surface area contributed by atoms with E-state index in [4.69, 9.17) is 9.47 Å². The first kappa shape index (κ1) is 20.3. The van der Waals surface area contributed by atoms with E-state index in [1.807, 2.05) is 0 Å². The second-order valence-corrected chi connectivity index (χ2v) is 8.54. The Morgan fingerprint density at radius 1 is 0.516 bits per heavy atom. The first-order chi connectivity index (χ1) is 14.9. The summed E-state index contributed by atoms with van der Waals surface area (Å²) in [6, 6.07) is 24.9. The van der Waals surface area contributed by atoms with E-state index in [-0.39, 0.29) is 32.8 Å². The molecule has 7 heteroatoms. The zero-order valence-corrected chi connectivity index (χ0v) is 17.0. The Balaban J connectivity index is 1.51. The number of rotatable bonds is 6. The number of phenolic OH excluding ortho intramolecular Hbond substituents is 2. The van der Waals surface area contributed by atoms with Crippen molar-refractivity contribution in [3.05, 3.63) is 97.1 Å². The number of ether oxygens (including phenoxy) is 2. The summed E-state index contributed by atoms with van der Waals surface area (Å²) in [4.78, 5) is 0.206. The molecule has 0 fully saturated rings. The zero-order chi connectivity index (χ0) is 21.8. The molecule has 0 aliphatic heterocycles. The van der Waals surface area contributed by atoms with E-state index >= 15 is 0 Å². The SMILES string of the molecule is O=S(=O)(c1ccc(Oc2ccccc2O)cc1)c1ccc(Oc2ccccc2O)cc1. The van der Waals surface area contributed by atoms with Crippen LogP contribution in [0.25, 0.3) is 0 Å². The number of hydrogen-bond acceptors (Lipinski definition) is 6. The normalized spacial score (nSPS) is 11.1. The van der Waals surface area contributed by atoms with Gasteiger partial charge in [-0.15, -0.1) is 0 Å². The van der Waals surface area contributed by atoms with Gasteiger partial charge in [-0.2, -0.15) is 0 Å². The van der Waals surface area contributed by atoms with Crippen LogP contribution < -0.4 is 9.47 Å². The summed E-state index contributed by atoms with van der Waals surface area (Å²) in [6.45, 7) is 0. The molecular weight excluding hydrogens is 416 g/mol. The van der Waals surface area contributed by atoms with E-state index in [2.05, 4.69) is 0 Å². The van der Waals surface area contributed by atoms with Crippen molar-refractivity contribution in [3.8, 4) is 34.5 Å². The number of benzene rings is 4. The minimum Gasteiger partial charge on any atom is -0.504 e. The van der Waals surface area contributed by atoms with Crippen molar-refractivity contribution in [2.24, 2.45) is 0 Å². The molecule has 2 N–H and O–H groups in total. The van der Waals surface area contributed by atoms with E-state index in [1.54, 1.807) is 36.4 Å². The van der Waals surface area contributed by atoms with Crippen molar-refractivity contribution in [1.82, 2.24) is 0 Å². The predicted octanol–water partition coefficient (Wildman–Crippen LogP) is 5.52. The van der Waals surface area contributed by atoms with Crippen LogP contribution in [0.3, 0.4) is 0 Å². The lowest BCUT2D eigenvalue weighted by atomic mass is 10.3. The topological polar surface area (TPSA) is 93.1 Å². The fraction of sp³-hybridized carbons (Fsp3) is 0. The molecule has 0 amide bonds. The fourth-order valence-corrected chi connectivity index (χ4v) is 4.11. The van der Waals surface area contributed by atoms with Crippen LogP contribution in [0, 0.1) is 0 Å². The minimum atomic E-state index is -3.74. The van der Waals surface area contributed by atoms with Gasteiger partial charge in [0.1, 0.15) is 11.5 Å². The van der Waals surface area contributed by atoms with Crippen LogP contribution in [0.5, 0.6) is 34.5 Å². The lowest BCUT2D eigenvalue weighted by Crippen LogP contribution is -2.01. The fourth-order valence-electron chi connectivity index (χ4n) is 2.85. The smallest absolute Gasteiger partial charge is 0.206 e. The summed E-state index contributed by atoms with van der Waals surface area (Å²) in [5, 5.41) is 19.6. The van der Waals surface area contributed by atoms with Gasteiger partial charge in [-0.1, -0.05) is 24.3 Å². The summed E-state index contributed by atoms with van der Waals surface area (Å²) in [7, 11) is -3.74. The van der Waals surface area contributed by atoms with Crippen LogP contribution in [-0.2, 0) is 9.84 Å². The van der Waals surface area contributed by atoms with E-state index in [0.717, 1.165) is 0 Å². The quantitative estimate of drug-likeness (QED) is 0.415. The molecule has 0 aliphatic carbocycles. The van der Waals surface area contributed by atoms with E-state index in [9.17, 15) is 18.6 Å². The lowest BCUT2D eigenvalue weighted by molar-refractivity contribution is 0.411. The Bertz CT molecular complexity index is 1200. The van der Waals surface area contributed by atoms with Crippen molar-refractivity contribution in [2.45, 2.75) is 9.79 Å². The predicted molar refractivity (Wildman–Crippen MR) is 115 cm³/mol. The largest absolute Gasteiger partial charge is 0.504 e. The zero-order valence-electron chi connectivity index (χ0n) is 16.2. The van der Waals surface area contributed by atoms with Gasteiger partial charge in [-0.25, -0.2) is 8.42 Å². The van der Waals surface area contributed by atoms with Crippen molar-refractivity contribution in [1.29, 1.82) is 0 Å². The maximum absolute atomic E-state index is 12.9. The van der Waals surface area contributed by atoms with Gasteiger partial charge in [0.25, 0.3) is 0 Å². The number of aromatic hydroxyl groups is 2. The molecule has 0 spiro atoms. The average molecular weight is 434 g/mol. The molecule has 6 nitrogen and oxygen atoms in total. The van der Waals surface area contributed by atoms with Crippen molar-refractivity contribution in [2.75, 3.05) is 0 Å². The van der Waals surface area contributed by atoms with Crippen LogP contribution >= 0.6 is 0 Å². The molecule has 0 saturated heterocycles. The second kappa shape index (κ2) is 8.41. The molecule has 4 aromatic carbocycles. The first-order valence-electron chi connectivity index (χ1n) is 9.30. The molecule has 0 radical (unpaired) electrons. The molecule has 0 unspecified atom stereocenters. The average Bonchev–Trinajstić information content (AvgIpc) is 2.78. The Morgan fingerprint density at radius 3 is 1.23 bits per heavy atom. The van der Waals surface area contributed by atoms with E-state index < -0.39 is 9.84 Å². The van der Waals surface area contributed by atoms with Gasteiger partial charge >= 0.3 is 0 Å². The van der Waals surface area contributed by atoms with Crippen LogP contribution in [0.4, 0.5) is 0 Å². The van der Waals surface area contributed by atoms with Gasteiger partial charge in [-0.3, -0.25) is 0 Å². The summed E-state index contributed by atoms with van der Waals surface area (Å²) < 4.78 is 37.0. The second-order valence-electron chi connectivity index (χ2n) is 6.59. The Labute approximate surface area is 179 Å². The monoisotopic (exact) mass is 434 g/mol. The lowest BCUT2D eigenvalue weighted by Gasteiger charge is -2.10. The summed E-state index contributed by atoms with van der Waals surface area (Å²) >= 11 is 0. The number of phenols is 2. The van der Waals surface area contributed by atoms with Gasteiger partial charge in [0.05, 0.1) is 9.79 Å². The van der Waals surface area contributed by atoms with E-state index in [0.29, 0.717) is 11.5 Å². The molecule has 4 aromatic rings. The van der Waals surface area contributed by atoms with Crippen molar-refractivity contribution in [3.63, 3.8) is 0 Å². The molecule has 31 heavy (non-hydrogen) atoms.